The van der Waals surface area contributed by atoms with Crippen LogP contribution in [0.5, 0.6) is 0 Å². The van der Waals surface area contributed by atoms with E-state index in [9.17, 15) is 0 Å². The topological polar surface area (TPSA) is 29.3 Å². The molecule has 0 saturated heterocycles. The standard InChI is InChI=1S/C16H30N2S/c1-6-13(3)11-16(7-2,12-17)18(5)14(4)15-9-8-10-19-15/h8-10,13-14H,6-7,11-12,17H2,1-5H3. The predicted octanol–water partition coefficient (Wildman–Crippen LogP) is 4.28. The van der Waals surface area contributed by atoms with Gasteiger partial charge in [0.1, 0.15) is 0 Å². The first-order chi connectivity index (χ1) is 9.00. The van der Waals surface area contributed by atoms with Crippen molar-refractivity contribution in [1.82, 2.24) is 4.90 Å². The molecule has 0 bridgehead atoms. The molecule has 1 aromatic heterocycles. The Hall–Kier alpha value is -0.380. The number of hydrogen-bond donors (Lipinski definition) is 1. The van der Waals surface area contributed by atoms with Gasteiger partial charge in [-0.1, -0.05) is 33.3 Å². The fraction of sp³-hybridized carbons (Fsp3) is 0.750. The van der Waals surface area contributed by atoms with Crippen LogP contribution in [0.4, 0.5) is 0 Å². The fourth-order valence-electron chi connectivity index (χ4n) is 2.83. The highest BCUT2D eigenvalue weighted by Crippen LogP contribution is 2.35. The zero-order chi connectivity index (χ0) is 14.5. The number of nitrogens with two attached hydrogens (primary N) is 1. The van der Waals surface area contributed by atoms with Crippen molar-refractivity contribution < 1.29 is 0 Å². The van der Waals surface area contributed by atoms with E-state index in [4.69, 9.17) is 5.73 Å². The molecular formula is C16H30N2S. The summed E-state index contributed by atoms with van der Waals surface area (Å²) in [6, 6.07) is 4.80. The van der Waals surface area contributed by atoms with E-state index in [0.717, 1.165) is 18.9 Å². The van der Waals surface area contributed by atoms with E-state index < -0.39 is 0 Å². The Kier molecular flexibility index (Phi) is 6.51. The normalized spacial score (nSPS) is 18.3. The number of nitrogens with zero attached hydrogens (tertiary/aromatic N) is 1. The summed E-state index contributed by atoms with van der Waals surface area (Å²) in [5.74, 6) is 0.724. The highest BCUT2D eigenvalue weighted by molar-refractivity contribution is 7.10. The summed E-state index contributed by atoms with van der Waals surface area (Å²) >= 11 is 1.84. The van der Waals surface area contributed by atoms with Crippen LogP contribution in [0, 0.1) is 5.92 Å². The molecule has 0 amide bonds. The molecule has 0 aromatic carbocycles. The van der Waals surface area contributed by atoms with Gasteiger partial charge in [-0.05, 0) is 44.2 Å². The summed E-state index contributed by atoms with van der Waals surface area (Å²) < 4.78 is 0. The molecule has 3 atom stereocenters. The Morgan fingerprint density at radius 3 is 2.47 bits per heavy atom. The van der Waals surface area contributed by atoms with Crippen LogP contribution in [0.25, 0.3) is 0 Å². The number of thiophene rings is 1. The molecule has 3 unspecified atom stereocenters. The lowest BCUT2D eigenvalue weighted by Gasteiger charge is -2.45. The van der Waals surface area contributed by atoms with Crippen molar-refractivity contribution in [3.05, 3.63) is 22.4 Å². The molecule has 0 aliphatic rings. The van der Waals surface area contributed by atoms with Crippen LogP contribution in [-0.4, -0.2) is 24.0 Å². The van der Waals surface area contributed by atoms with Gasteiger partial charge in [0, 0.05) is 23.0 Å². The third-order valence-corrected chi connectivity index (χ3v) is 5.79. The molecular weight excluding hydrogens is 252 g/mol. The van der Waals surface area contributed by atoms with Crippen molar-refractivity contribution in [3.8, 4) is 0 Å². The molecule has 1 heterocycles. The lowest BCUT2D eigenvalue weighted by atomic mass is 9.82. The van der Waals surface area contributed by atoms with Crippen LogP contribution in [0.3, 0.4) is 0 Å². The van der Waals surface area contributed by atoms with E-state index in [1.54, 1.807) is 0 Å². The smallest absolute Gasteiger partial charge is 0.0416 e. The summed E-state index contributed by atoms with van der Waals surface area (Å²) in [5, 5.41) is 2.16. The number of hydrogen-bond acceptors (Lipinski definition) is 3. The van der Waals surface area contributed by atoms with Gasteiger partial charge in [0.25, 0.3) is 0 Å². The van der Waals surface area contributed by atoms with Crippen molar-refractivity contribution in [2.45, 2.75) is 58.5 Å². The van der Waals surface area contributed by atoms with Crippen molar-refractivity contribution in [3.63, 3.8) is 0 Å². The molecule has 3 heteroatoms. The Balaban J connectivity index is 2.91. The van der Waals surface area contributed by atoms with E-state index in [2.05, 4.69) is 57.2 Å². The van der Waals surface area contributed by atoms with E-state index >= 15 is 0 Å². The predicted molar refractivity (Wildman–Crippen MR) is 86.6 cm³/mol. The summed E-state index contributed by atoms with van der Waals surface area (Å²) in [6.45, 7) is 9.91. The van der Waals surface area contributed by atoms with Gasteiger partial charge in [-0.2, -0.15) is 0 Å². The molecule has 19 heavy (non-hydrogen) atoms. The highest BCUT2D eigenvalue weighted by atomic mass is 32.1. The van der Waals surface area contributed by atoms with Gasteiger partial charge in [-0.3, -0.25) is 4.90 Å². The van der Waals surface area contributed by atoms with E-state index in [0.29, 0.717) is 6.04 Å². The van der Waals surface area contributed by atoms with Crippen molar-refractivity contribution in [1.29, 1.82) is 0 Å². The molecule has 0 radical (unpaired) electrons. The molecule has 2 N–H and O–H groups in total. The van der Waals surface area contributed by atoms with Crippen LogP contribution >= 0.6 is 11.3 Å². The fourth-order valence-corrected chi connectivity index (χ4v) is 3.66. The van der Waals surface area contributed by atoms with E-state index in [1.807, 2.05) is 11.3 Å². The van der Waals surface area contributed by atoms with Gasteiger partial charge in [-0.15, -0.1) is 11.3 Å². The molecule has 0 fully saturated rings. The van der Waals surface area contributed by atoms with Crippen molar-refractivity contribution in [2.75, 3.05) is 13.6 Å². The first-order valence-corrected chi connectivity index (χ1v) is 8.35. The third kappa shape index (κ3) is 3.80. The SMILES string of the molecule is CCC(C)CC(CC)(CN)N(C)C(C)c1cccs1. The minimum Gasteiger partial charge on any atom is -0.329 e. The maximum absolute atomic E-state index is 6.18. The summed E-state index contributed by atoms with van der Waals surface area (Å²) in [6.07, 6.45) is 3.52. The minimum atomic E-state index is 0.124. The highest BCUT2D eigenvalue weighted by Gasteiger charge is 2.35. The molecule has 110 valence electrons. The molecule has 2 nitrogen and oxygen atoms in total. The minimum absolute atomic E-state index is 0.124. The summed E-state index contributed by atoms with van der Waals surface area (Å²) in [4.78, 5) is 3.93. The zero-order valence-electron chi connectivity index (χ0n) is 13.1. The molecule has 0 spiro atoms. The Morgan fingerprint density at radius 1 is 1.37 bits per heavy atom. The Bertz CT molecular complexity index is 344. The average molecular weight is 282 g/mol. The van der Waals surface area contributed by atoms with Gasteiger partial charge in [0.15, 0.2) is 0 Å². The molecule has 0 aliphatic heterocycles. The van der Waals surface area contributed by atoms with Gasteiger partial charge in [0.05, 0.1) is 0 Å². The average Bonchev–Trinajstić information content (AvgIpc) is 2.97. The molecule has 1 rings (SSSR count). The van der Waals surface area contributed by atoms with Gasteiger partial charge in [0.2, 0.25) is 0 Å². The molecule has 1 aromatic rings. The zero-order valence-corrected chi connectivity index (χ0v) is 14.0. The van der Waals surface area contributed by atoms with E-state index in [1.165, 1.54) is 17.7 Å². The van der Waals surface area contributed by atoms with Crippen LogP contribution in [-0.2, 0) is 0 Å². The lowest BCUT2D eigenvalue weighted by molar-refractivity contribution is 0.0588. The van der Waals surface area contributed by atoms with Crippen LogP contribution < -0.4 is 5.73 Å². The second kappa shape index (κ2) is 7.41. The van der Waals surface area contributed by atoms with Crippen LogP contribution in [0.1, 0.15) is 57.9 Å². The van der Waals surface area contributed by atoms with E-state index in [-0.39, 0.29) is 5.54 Å². The summed E-state index contributed by atoms with van der Waals surface area (Å²) in [7, 11) is 2.24. The van der Waals surface area contributed by atoms with Gasteiger partial charge in [-0.25, -0.2) is 0 Å². The van der Waals surface area contributed by atoms with Crippen LogP contribution in [0.2, 0.25) is 0 Å². The first kappa shape index (κ1) is 16.7. The Labute approximate surface area is 123 Å². The third-order valence-electron chi connectivity index (χ3n) is 4.75. The van der Waals surface area contributed by atoms with Gasteiger partial charge >= 0.3 is 0 Å². The summed E-state index contributed by atoms with van der Waals surface area (Å²) in [5.41, 5.74) is 6.30. The molecule has 0 aliphatic carbocycles. The maximum atomic E-state index is 6.18. The number of rotatable bonds is 8. The monoisotopic (exact) mass is 282 g/mol. The lowest BCUT2D eigenvalue weighted by Crippen LogP contribution is -2.53. The largest absolute Gasteiger partial charge is 0.329 e. The first-order valence-electron chi connectivity index (χ1n) is 7.47. The maximum Gasteiger partial charge on any atom is 0.0416 e. The van der Waals surface area contributed by atoms with Crippen molar-refractivity contribution in [2.24, 2.45) is 11.7 Å². The van der Waals surface area contributed by atoms with Gasteiger partial charge < -0.3 is 5.73 Å². The molecule has 0 saturated carbocycles. The van der Waals surface area contributed by atoms with Crippen LogP contribution in [0.15, 0.2) is 17.5 Å². The second-order valence-electron chi connectivity index (χ2n) is 5.80. The quantitative estimate of drug-likeness (QED) is 0.771. The number of likely N-dealkylation sites (N-methyl/N-ethyl adjacent to an activating group) is 1. The van der Waals surface area contributed by atoms with Crippen molar-refractivity contribution >= 4 is 11.3 Å². The Morgan fingerprint density at radius 2 is 2.05 bits per heavy atom. The second-order valence-corrected chi connectivity index (χ2v) is 6.78.